The minimum Gasteiger partial charge on any atom is -0.505 e. The Balaban J connectivity index is 2.32. The van der Waals surface area contributed by atoms with Crippen LogP contribution in [0.4, 0.5) is 4.39 Å². The maximum Gasteiger partial charge on any atom is 0.165 e. The van der Waals surface area contributed by atoms with Crippen molar-refractivity contribution < 1.29 is 9.50 Å². The lowest BCUT2D eigenvalue weighted by Crippen LogP contribution is -2.06. The van der Waals surface area contributed by atoms with Gasteiger partial charge in [0.25, 0.3) is 0 Å². The first-order valence-electron chi connectivity index (χ1n) is 4.68. The third-order valence-corrected chi connectivity index (χ3v) is 3.24. The van der Waals surface area contributed by atoms with E-state index in [1.54, 1.807) is 6.07 Å². The van der Waals surface area contributed by atoms with E-state index in [0.717, 1.165) is 5.56 Å². The molecule has 3 heteroatoms. The number of benzene rings is 1. The number of phenols is 1. The Morgan fingerprint density at radius 3 is 2.43 bits per heavy atom. The van der Waals surface area contributed by atoms with Gasteiger partial charge in [0.2, 0.25) is 0 Å². The number of nitrogens with two attached hydrogens (primary N) is 1. The molecule has 76 valence electrons. The molecule has 14 heavy (non-hydrogen) atoms. The number of hydrogen-bond acceptors (Lipinski definition) is 2. The van der Waals surface area contributed by atoms with Crippen LogP contribution in [0.15, 0.2) is 18.2 Å². The maximum atomic E-state index is 13.1. The number of phenolic OH excluding ortho intramolecular Hbond substituents is 1. The van der Waals surface area contributed by atoms with Crippen LogP contribution in [0, 0.1) is 11.2 Å². The van der Waals surface area contributed by atoms with Gasteiger partial charge in [0, 0.05) is 12.0 Å². The topological polar surface area (TPSA) is 46.2 Å². The summed E-state index contributed by atoms with van der Waals surface area (Å²) in [5.74, 6) is -0.671. The van der Waals surface area contributed by atoms with Crippen LogP contribution >= 0.6 is 0 Å². The zero-order valence-electron chi connectivity index (χ0n) is 8.29. The third kappa shape index (κ3) is 1.20. The summed E-state index contributed by atoms with van der Waals surface area (Å²) in [5.41, 5.74) is 6.80. The summed E-state index contributed by atoms with van der Waals surface area (Å²) >= 11 is 0. The minimum atomic E-state index is -0.572. The Morgan fingerprint density at radius 2 is 2.00 bits per heavy atom. The van der Waals surface area contributed by atoms with Crippen molar-refractivity contribution in [1.82, 2.24) is 0 Å². The molecule has 0 heterocycles. The van der Waals surface area contributed by atoms with Crippen molar-refractivity contribution in [2.45, 2.75) is 25.8 Å². The van der Waals surface area contributed by atoms with Crippen LogP contribution < -0.4 is 5.73 Å². The molecule has 1 aromatic carbocycles. The molecule has 0 bridgehead atoms. The van der Waals surface area contributed by atoms with Gasteiger partial charge in [-0.15, -0.1) is 0 Å². The van der Waals surface area contributed by atoms with Gasteiger partial charge in [-0.1, -0.05) is 19.9 Å². The van der Waals surface area contributed by atoms with E-state index in [1.165, 1.54) is 12.1 Å². The zero-order valence-corrected chi connectivity index (χ0v) is 8.29. The van der Waals surface area contributed by atoms with Gasteiger partial charge in [0.15, 0.2) is 11.6 Å². The second-order valence-electron chi connectivity index (χ2n) is 4.54. The van der Waals surface area contributed by atoms with Crippen molar-refractivity contribution in [3.8, 4) is 5.75 Å². The van der Waals surface area contributed by atoms with E-state index in [2.05, 4.69) is 13.8 Å². The van der Waals surface area contributed by atoms with E-state index < -0.39 is 5.82 Å². The molecule has 0 radical (unpaired) electrons. The lowest BCUT2D eigenvalue weighted by atomic mass is 10.0. The van der Waals surface area contributed by atoms with Gasteiger partial charge in [-0.25, -0.2) is 4.39 Å². The van der Waals surface area contributed by atoms with Gasteiger partial charge in [0.05, 0.1) is 0 Å². The predicted octanol–water partition coefficient (Wildman–Crippen LogP) is 1.98. The standard InChI is InChI=1S/C11H14FNO/c1-11(2)9(10(11)13)6-3-4-8(14)7(12)5-6/h3-5,9-10,14H,13H2,1-2H3/t9-,10-/m1/s1. The van der Waals surface area contributed by atoms with Gasteiger partial charge in [-0.05, 0) is 23.1 Å². The van der Waals surface area contributed by atoms with Crippen LogP contribution in [-0.2, 0) is 0 Å². The third-order valence-electron chi connectivity index (χ3n) is 3.24. The Morgan fingerprint density at radius 1 is 1.43 bits per heavy atom. The molecule has 1 aromatic rings. The molecule has 0 saturated heterocycles. The van der Waals surface area contributed by atoms with Crippen molar-refractivity contribution >= 4 is 0 Å². The highest BCUT2D eigenvalue weighted by atomic mass is 19.1. The van der Waals surface area contributed by atoms with Gasteiger partial charge in [-0.3, -0.25) is 0 Å². The molecule has 1 saturated carbocycles. The fraction of sp³-hybridized carbons (Fsp3) is 0.455. The molecule has 2 atom stereocenters. The number of rotatable bonds is 1. The Labute approximate surface area is 82.5 Å². The summed E-state index contributed by atoms with van der Waals surface area (Å²) in [5, 5.41) is 9.04. The molecular formula is C11H14FNO. The Bertz CT molecular complexity index is 376. The summed E-state index contributed by atoms with van der Waals surface area (Å²) in [6.45, 7) is 4.13. The minimum absolute atomic E-state index is 0.0451. The lowest BCUT2D eigenvalue weighted by molar-refractivity contribution is 0.431. The SMILES string of the molecule is CC1(C)[C@H](N)[C@H]1c1ccc(O)c(F)c1. The zero-order chi connectivity index (χ0) is 10.5. The van der Waals surface area contributed by atoms with Crippen LogP contribution in [0.5, 0.6) is 5.75 Å². The first-order valence-corrected chi connectivity index (χ1v) is 4.68. The fourth-order valence-corrected chi connectivity index (χ4v) is 2.03. The van der Waals surface area contributed by atoms with Gasteiger partial charge >= 0.3 is 0 Å². The molecular weight excluding hydrogens is 181 g/mol. The van der Waals surface area contributed by atoms with Gasteiger partial charge in [0.1, 0.15) is 0 Å². The van der Waals surface area contributed by atoms with Gasteiger partial charge < -0.3 is 10.8 Å². The lowest BCUT2D eigenvalue weighted by Gasteiger charge is -2.03. The molecule has 0 aliphatic heterocycles. The normalized spacial score (nSPS) is 28.9. The average molecular weight is 195 g/mol. The van der Waals surface area contributed by atoms with Crippen LogP contribution in [-0.4, -0.2) is 11.1 Å². The summed E-state index contributed by atoms with van der Waals surface area (Å²) in [7, 11) is 0. The number of aromatic hydroxyl groups is 1. The van der Waals surface area contributed by atoms with Crippen molar-refractivity contribution in [3.63, 3.8) is 0 Å². The summed E-state index contributed by atoms with van der Waals surface area (Å²) < 4.78 is 13.1. The molecule has 1 aliphatic rings. The summed E-state index contributed by atoms with van der Waals surface area (Å²) in [6.07, 6.45) is 0. The highest BCUT2D eigenvalue weighted by Crippen LogP contribution is 2.57. The fourth-order valence-electron chi connectivity index (χ4n) is 2.03. The molecule has 3 N–H and O–H groups in total. The molecule has 0 unspecified atom stereocenters. The molecule has 0 spiro atoms. The van der Waals surface area contributed by atoms with E-state index in [1.807, 2.05) is 0 Å². The van der Waals surface area contributed by atoms with Crippen molar-refractivity contribution in [1.29, 1.82) is 0 Å². The van der Waals surface area contributed by atoms with Gasteiger partial charge in [-0.2, -0.15) is 0 Å². The first kappa shape index (κ1) is 9.46. The Kier molecular flexibility index (Phi) is 1.83. The smallest absolute Gasteiger partial charge is 0.165 e. The highest BCUT2D eigenvalue weighted by Gasteiger charge is 2.56. The second kappa shape index (κ2) is 2.70. The van der Waals surface area contributed by atoms with Crippen molar-refractivity contribution in [3.05, 3.63) is 29.6 Å². The van der Waals surface area contributed by atoms with E-state index in [-0.39, 0.29) is 23.1 Å². The molecule has 0 aromatic heterocycles. The van der Waals surface area contributed by atoms with Crippen LogP contribution in [0.25, 0.3) is 0 Å². The molecule has 1 aliphatic carbocycles. The molecule has 1 fully saturated rings. The first-order chi connectivity index (χ1) is 6.44. The highest BCUT2D eigenvalue weighted by molar-refractivity contribution is 5.37. The average Bonchev–Trinajstić information content (AvgIpc) is 2.58. The Hall–Kier alpha value is -1.09. The monoisotopic (exact) mass is 195 g/mol. The quantitative estimate of drug-likeness (QED) is 0.719. The largest absolute Gasteiger partial charge is 0.505 e. The van der Waals surface area contributed by atoms with E-state index >= 15 is 0 Å². The molecule has 2 nitrogen and oxygen atoms in total. The second-order valence-corrected chi connectivity index (χ2v) is 4.54. The summed E-state index contributed by atoms with van der Waals surface area (Å²) in [4.78, 5) is 0. The number of hydrogen-bond donors (Lipinski definition) is 2. The van der Waals surface area contributed by atoms with E-state index in [4.69, 9.17) is 10.8 Å². The molecule has 0 amide bonds. The summed E-state index contributed by atoms with van der Waals surface area (Å²) in [6, 6.07) is 4.57. The van der Waals surface area contributed by atoms with E-state index in [0.29, 0.717) is 0 Å². The van der Waals surface area contributed by atoms with E-state index in [9.17, 15) is 4.39 Å². The van der Waals surface area contributed by atoms with Crippen LogP contribution in [0.3, 0.4) is 0 Å². The van der Waals surface area contributed by atoms with Crippen molar-refractivity contribution in [2.75, 3.05) is 0 Å². The van der Waals surface area contributed by atoms with Crippen LogP contribution in [0.1, 0.15) is 25.3 Å². The van der Waals surface area contributed by atoms with Crippen LogP contribution in [0.2, 0.25) is 0 Å². The predicted molar refractivity (Wildman–Crippen MR) is 52.6 cm³/mol. The molecule has 2 rings (SSSR count). The number of halogens is 1. The maximum absolute atomic E-state index is 13.1. The van der Waals surface area contributed by atoms with Crippen molar-refractivity contribution in [2.24, 2.45) is 11.1 Å².